The highest BCUT2D eigenvalue weighted by Crippen LogP contribution is 2.32. The number of cyclic esters (lactones) is 1. The highest BCUT2D eigenvalue weighted by atomic mass is 32.1. The van der Waals surface area contributed by atoms with Crippen LogP contribution < -0.4 is 20.6 Å². The SMILES string of the molecule is CC(C(=O)NN1CCN(c2nsc(=O)o2)C(F)C1)(c1ccccc1)C1CNC(=O)O1. The molecule has 2 fully saturated rings. The van der Waals surface area contributed by atoms with Crippen LogP contribution in [0.5, 0.6) is 0 Å². The number of alkyl carbamates (subject to hydrolysis) is 1. The lowest BCUT2D eigenvalue weighted by Crippen LogP contribution is -2.61. The van der Waals surface area contributed by atoms with Crippen molar-refractivity contribution >= 4 is 29.5 Å². The van der Waals surface area contributed by atoms with Crippen molar-refractivity contribution in [2.45, 2.75) is 24.7 Å². The molecule has 160 valence electrons. The average molecular weight is 437 g/mol. The third kappa shape index (κ3) is 3.75. The van der Waals surface area contributed by atoms with Gasteiger partial charge in [-0.1, -0.05) is 30.3 Å². The predicted octanol–water partition coefficient (Wildman–Crippen LogP) is 0.611. The molecule has 30 heavy (non-hydrogen) atoms. The first kappa shape index (κ1) is 20.3. The molecule has 2 aromatic rings. The number of benzene rings is 1. The third-order valence-corrected chi connectivity index (χ3v) is 5.85. The van der Waals surface area contributed by atoms with Crippen molar-refractivity contribution in [3.8, 4) is 0 Å². The fourth-order valence-electron chi connectivity index (χ4n) is 3.57. The molecule has 3 unspecified atom stereocenters. The van der Waals surface area contributed by atoms with E-state index in [0.717, 1.165) is 0 Å². The Morgan fingerprint density at radius 2 is 2.10 bits per heavy atom. The van der Waals surface area contributed by atoms with E-state index in [9.17, 15) is 18.8 Å². The predicted molar refractivity (Wildman–Crippen MR) is 105 cm³/mol. The molecular formula is C18H20FN5O5S. The van der Waals surface area contributed by atoms with Crippen LogP contribution in [0.2, 0.25) is 0 Å². The molecule has 2 aliphatic rings. The highest BCUT2D eigenvalue weighted by Gasteiger charge is 2.48. The fourth-order valence-corrected chi connectivity index (χ4v) is 3.98. The van der Waals surface area contributed by atoms with Crippen LogP contribution in [0.1, 0.15) is 12.5 Å². The average Bonchev–Trinajstić information content (AvgIpc) is 3.36. The first-order valence-corrected chi connectivity index (χ1v) is 10.1. The van der Waals surface area contributed by atoms with E-state index in [1.807, 2.05) is 6.07 Å². The molecule has 2 aliphatic heterocycles. The number of hydrazine groups is 1. The Balaban J connectivity index is 1.49. The van der Waals surface area contributed by atoms with Gasteiger partial charge in [-0.05, 0) is 12.5 Å². The number of carbonyl (C=O) groups is 2. The van der Waals surface area contributed by atoms with E-state index in [1.54, 1.807) is 31.2 Å². The summed E-state index contributed by atoms with van der Waals surface area (Å²) in [7, 11) is 0. The molecule has 12 heteroatoms. The zero-order valence-electron chi connectivity index (χ0n) is 16.0. The van der Waals surface area contributed by atoms with Gasteiger partial charge in [0.05, 0.1) is 24.6 Å². The summed E-state index contributed by atoms with van der Waals surface area (Å²) in [4.78, 5) is 36.7. The molecule has 2 saturated heterocycles. The van der Waals surface area contributed by atoms with Gasteiger partial charge in [0.1, 0.15) is 11.5 Å². The molecule has 10 nitrogen and oxygen atoms in total. The molecule has 2 amide bonds. The maximum absolute atomic E-state index is 14.7. The molecule has 0 spiro atoms. The molecule has 0 bridgehead atoms. The number of amides is 2. The number of nitrogens with zero attached hydrogens (tertiary/aromatic N) is 3. The summed E-state index contributed by atoms with van der Waals surface area (Å²) in [5.41, 5.74) is 2.24. The minimum absolute atomic E-state index is 0.0680. The second kappa shape index (κ2) is 8.03. The summed E-state index contributed by atoms with van der Waals surface area (Å²) in [6.07, 6.45) is -2.84. The maximum Gasteiger partial charge on any atom is 0.415 e. The number of alkyl halides is 1. The van der Waals surface area contributed by atoms with Crippen LogP contribution in [0.3, 0.4) is 0 Å². The van der Waals surface area contributed by atoms with Gasteiger partial charge < -0.3 is 14.5 Å². The minimum atomic E-state index is -1.53. The topological polar surface area (TPSA) is 117 Å². The molecule has 1 aromatic heterocycles. The molecule has 3 heterocycles. The van der Waals surface area contributed by atoms with Crippen molar-refractivity contribution in [1.82, 2.24) is 20.1 Å². The number of hydrogen-bond donors (Lipinski definition) is 2. The fraction of sp³-hybridized carbons (Fsp3) is 0.444. The van der Waals surface area contributed by atoms with Crippen LogP contribution in [0.25, 0.3) is 0 Å². The van der Waals surface area contributed by atoms with Gasteiger partial charge in [0.2, 0.25) is 5.91 Å². The number of rotatable bonds is 5. The van der Waals surface area contributed by atoms with Crippen molar-refractivity contribution < 1.29 is 23.1 Å². The normalized spacial score (nSPS) is 24.1. The highest BCUT2D eigenvalue weighted by molar-refractivity contribution is 7.02. The van der Waals surface area contributed by atoms with E-state index in [0.29, 0.717) is 17.1 Å². The van der Waals surface area contributed by atoms with Crippen molar-refractivity contribution in [2.24, 2.45) is 0 Å². The van der Waals surface area contributed by atoms with Crippen LogP contribution in [0.15, 0.2) is 39.5 Å². The second-order valence-electron chi connectivity index (χ2n) is 7.18. The summed E-state index contributed by atoms with van der Waals surface area (Å²) in [5.74, 6) is -0.420. The van der Waals surface area contributed by atoms with E-state index in [-0.39, 0.29) is 32.2 Å². The molecule has 0 radical (unpaired) electrons. The molecule has 3 atom stereocenters. The number of carbonyl (C=O) groups excluding carboxylic acids is 2. The number of ether oxygens (including phenoxy) is 1. The maximum atomic E-state index is 14.7. The Bertz CT molecular complexity index is 985. The number of hydrogen-bond acceptors (Lipinski definition) is 9. The van der Waals surface area contributed by atoms with Gasteiger partial charge >= 0.3 is 17.0 Å². The number of piperazine rings is 1. The van der Waals surface area contributed by atoms with Crippen molar-refractivity contribution in [3.05, 3.63) is 45.6 Å². The lowest BCUT2D eigenvalue weighted by Gasteiger charge is -2.39. The van der Waals surface area contributed by atoms with Gasteiger partial charge in [0, 0.05) is 13.1 Å². The lowest BCUT2D eigenvalue weighted by molar-refractivity contribution is -0.135. The van der Waals surface area contributed by atoms with Crippen LogP contribution >= 0.6 is 11.5 Å². The molecule has 0 saturated carbocycles. The summed E-state index contributed by atoms with van der Waals surface area (Å²) < 4.78 is 28.7. The minimum Gasteiger partial charge on any atom is -0.443 e. The van der Waals surface area contributed by atoms with E-state index in [1.165, 1.54) is 9.91 Å². The molecule has 1 aromatic carbocycles. The number of nitrogens with one attached hydrogen (secondary N) is 2. The molecule has 0 aliphatic carbocycles. The van der Waals surface area contributed by atoms with Crippen molar-refractivity contribution in [3.63, 3.8) is 0 Å². The zero-order valence-corrected chi connectivity index (χ0v) is 16.9. The van der Waals surface area contributed by atoms with Crippen LogP contribution in [0.4, 0.5) is 15.2 Å². The number of aromatic nitrogens is 1. The van der Waals surface area contributed by atoms with Crippen LogP contribution in [0, 0.1) is 0 Å². The monoisotopic (exact) mass is 437 g/mol. The standard InChI is InChI=1S/C18H20FN5O5S/c1-18(11-5-3-2-4-6-11,12-9-20-16(26)28-12)14(25)21-23-7-8-24(13(19)10-23)15-22-30-17(27)29-15/h2-6,12-13H,7-10H2,1H3,(H,20,26)(H,21,25). The van der Waals surface area contributed by atoms with E-state index in [4.69, 9.17) is 9.15 Å². The van der Waals surface area contributed by atoms with Gasteiger partial charge in [0.15, 0.2) is 6.30 Å². The van der Waals surface area contributed by atoms with E-state index in [2.05, 4.69) is 15.1 Å². The molecular weight excluding hydrogens is 417 g/mol. The van der Waals surface area contributed by atoms with Gasteiger partial charge in [-0.3, -0.25) is 15.1 Å². The summed E-state index contributed by atoms with van der Waals surface area (Å²) >= 11 is 0.616. The van der Waals surface area contributed by atoms with Crippen molar-refractivity contribution in [2.75, 3.05) is 31.1 Å². The van der Waals surface area contributed by atoms with Gasteiger partial charge in [-0.25, -0.2) is 19.0 Å². The van der Waals surface area contributed by atoms with Gasteiger partial charge in [0.25, 0.3) is 0 Å². The summed E-state index contributed by atoms with van der Waals surface area (Å²) in [5, 5.41) is 4.03. The molecule has 2 N–H and O–H groups in total. The van der Waals surface area contributed by atoms with Gasteiger partial charge in [-0.15, -0.1) is 4.37 Å². The Kier molecular flexibility index (Phi) is 5.43. The van der Waals surface area contributed by atoms with Crippen molar-refractivity contribution in [1.29, 1.82) is 0 Å². The molecule has 4 rings (SSSR count). The third-order valence-electron chi connectivity index (χ3n) is 5.37. The largest absolute Gasteiger partial charge is 0.443 e. The number of halogens is 1. The van der Waals surface area contributed by atoms with Crippen LogP contribution in [-0.2, 0) is 14.9 Å². The Hall–Kier alpha value is -2.99. The van der Waals surface area contributed by atoms with Gasteiger partial charge in [-0.2, -0.15) is 0 Å². The van der Waals surface area contributed by atoms with Crippen LogP contribution in [-0.4, -0.2) is 60.0 Å². The lowest BCUT2D eigenvalue weighted by atomic mass is 9.76. The zero-order chi connectivity index (χ0) is 21.3. The van der Waals surface area contributed by atoms with E-state index >= 15 is 0 Å². The Morgan fingerprint density at radius 3 is 2.70 bits per heavy atom. The first-order chi connectivity index (χ1) is 14.4. The summed E-state index contributed by atoms with van der Waals surface area (Å²) in [6, 6.07) is 8.91. The number of anilines is 1. The Labute approximate surface area is 174 Å². The summed E-state index contributed by atoms with van der Waals surface area (Å²) in [6.45, 7) is 2.16. The smallest absolute Gasteiger partial charge is 0.415 e. The second-order valence-corrected chi connectivity index (χ2v) is 7.87. The first-order valence-electron chi connectivity index (χ1n) is 9.31. The Morgan fingerprint density at radius 1 is 1.33 bits per heavy atom. The quantitative estimate of drug-likeness (QED) is 0.654. The van der Waals surface area contributed by atoms with E-state index < -0.39 is 34.8 Å².